The molecular weight excluding hydrogens is 202 g/mol. The molecule has 0 aliphatic heterocycles. The highest BCUT2D eigenvalue weighted by Gasteiger charge is 2.27. The molecule has 1 nitrogen and oxygen atoms in total. The van der Waals surface area contributed by atoms with E-state index in [4.69, 9.17) is 0 Å². The third kappa shape index (κ3) is 2.82. The Labute approximate surface area is 96.9 Å². The van der Waals surface area contributed by atoms with Crippen molar-refractivity contribution in [2.45, 2.75) is 45.6 Å². The van der Waals surface area contributed by atoms with Gasteiger partial charge in [-0.3, -0.25) is 0 Å². The van der Waals surface area contributed by atoms with Crippen molar-refractivity contribution in [1.29, 1.82) is 0 Å². The Morgan fingerprint density at radius 3 is 2.87 bits per heavy atom. The number of hydrogen-bond donors (Lipinski definition) is 1. The molecule has 1 aromatic heterocycles. The Kier molecular flexibility index (Phi) is 3.81. The van der Waals surface area contributed by atoms with E-state index in [2.05, 4.69) is 30.6 Å². The van der Waals surface area contributed by atoms with Crippen LogP contribution in [0.2, 0.25) is 0 Å². The maximum absolute atomic E-state index is 3.64. The fraction of sp³-hybridized carbons (Fsp3) is 0.692. The largest absolute Gasteiger partial charge is 0.310 e. The second kappa shape index (κ2) is 5.13. The van der Waals surface area contributed by atoms with Crippen LogP contribution < -0.4 is 5.32 Å². The van der Waals surface area contributed by atoms with Crippen molar-refractivity contribution in [3.05, 3.63) is 21.9 Å². The van der Waals surface area contributed by atoms with Gasteiger partial charge in [0.2, 0.25) is 0 Å². The van der Waals surface area contributed by atoms with Crippen molar-refractivity contribution < 1.29 is 0 Å². The van der Waals surface area contributed by atoms with Gasteiger partial charge in [0, 0.05) is 10.9 Å². The summed E-state index contributed by atoms with van der Waals surface area (Å²) in [6.45, 7) is 5.54. The van der Waals surface area contributed by atoms with Gasteiger partial charge in [-0.1, -0.05) is 26.7 Å². The van der Waals surface area contributed by atoms with Gasteiger partial charge in [0.05, 0.1) is 0 Å². The molecule has 0 amide bonds. The molecule has 1 aromatic rings. The fourth-order valence-electron chi connectivity index (χ4n) is 2.16. The van der Waals surface area contributed by atoms with Crippen LogP contribution >= 0.6 is 11.3 Å². The molecule has 2 heteroatoms. The predicted molar refractivity (Wildman–Crippen MR) is 67.5 cm³/mol. The van der Waals surface area contributed by atoms with Crippen LogP contribution in [0.4, 0.5) is 0 Å². The van der Waals surface area contributed by atoms with Crippen LogP contribution in [0.5, 0.6) is 0 Å². The average Bonchev–Trinajstić information content (AvgIpc) is 2.93. The average molecular weight is 223 g/mol. The summed E-state index contributed by atoms with van der Waals surface area (Å²) in [5.41, 5.74) is 1.55. The van der Waals surface area contributed by atoms with E-state index in [-0.39, 0.29) is 0 Å². The fourth-order valence-corrected chi connectivity index (χ4v) is 3.25. The summed E-state index contributed by atoms with van der Waals surface area (Å²) in [6.07, 6.45) is 5.43. The molecule has 1 fully saturated rings. The standard InChI is InChI=1S/C13H21NS/c1-3-11-7-8-15-13(11)12(14-4-2)9-10-5-6-10/h7-8,10,12,14H,3-6,9H2,1-2H3. The van der Waals surface area contributed by atoms with E-state index in [9.17, 15) is 0 Å². The van der Waals surface area contributed by atoms with Crippen molar-refractivity contribution in [3.8, 4) is 0 Å². The monoisotopic (exact) mass is 223 g/mol. The van der Waals surface area contributed by atoms with Crippen molar-refractivity contribution in [2.24, 2.45) is 5.92 Å². The highest BCUT2D eigenvalue weighted by atomic mass is 32.1. The molecule has 1 atom stereocenters. The normalized spacial score (nSPS) is 18.0. The SMILES string of the molecule is CCNC(CC1CC1)c1sccc1CC. The maximum atomic E-state index is 3.64. The molecule has 0 aromatic carbocycles. The van der Waals surface area contributed by atoms with Gasteiger partial charge in [-0.05, 0) is 42.3 Å². The molecule has 1 aliphatic carbocycles. The lowest BCUT2D eigenvalue weighted by Gasteiger charge is -2.17. The zero-order chi connectivity index (χ0) is 10.7. The van der Waals surface area contributed by atoms with Crippen molar-refractivity contribution in [2.75, 3.05) is 6.54 Å². The lowest BCUT2D eigenvalue weighted by atomic mass is 10.0. The van der Waals surface area contributed by atoms with Crippen molar-refractivity contribution in [1.82, 2.24) is 5.32 Å². The number of thiophene rings is 1. The molecule has 84 valence electrons. The third-order valence-electron chi connectivity index (χ3n) is 3.19. The van der Waals surface area contributed by atoms with Crippen LogP contribution in [0.15, 0.2) is 11.4 Å². The summed E-state index contributed by atoms with van der Waals surface area (Å²) in [4.78, 5) is 1.59. The number of hydrogen-bond acceptors (Lipinski definition) is 2. The predicted octanol–water partition coefficient (Wildman–Crippen LogP) is 3.76. The lowest BCUT2D eigenvalue weighted by molar-refractivity contribution is 0.491. The lowest BCUT2D eigenvalue weighted by Crippen LogP contribution is -2.21. The van der Waals surface area contributed by atoms with E-state index >= 15 is 0 Å². The Morgan fingerprint density at radius 1 is 1.47 bits per heavy atom. The first-order valence-corrected chi connectivity index (χ1v) is 7.02. The number of aryl methyl sites for hydroxylation is 1. The van der Waals surface area contributed by atoms with Gasteiger partial charge in [-0.2, -0.15) is 0 Å². The van der Waals surface area contributed by atoms with Gasteiger partial charge in [-0.25, -0.2) is 0 Å². The second-order valence-corrected chi connectivity index (χ2v) is 5.40. The molecule has 2 rings (SSSR count). The molecule has 15 heavy (non-hydrogen) atoms. The van der Waals surface area contributed by atoms with Gasteiger partial charge in [-0.15, -0.1) is 11.3 Å². The van der Waals surface area contributed by atoms with Crippen molar-refractivity contribution >= 4 is 11.3 Å². The molecule has 1 heterocycles. The van der Waals surface area contributed by atoms with E-state index < -0.39 is 0 Å². The molecule has 1 N–H and O–H groups in total. The van der Waals surface area contributed by atoms with Crippen LogP contribution in [0.25, 0.3) is 0 Å². The number of nitrogens with one attached hydrogen (secondary N) is 1. The van der Waals surface area contributed by atoms with Gasteiger partial charge in [0.1, 0.15) is 0 Å². The van der Waals surface area contributed by atoms with Crippen LogP contribution in [0.3, 0.4) is 0 Å². The summed E-state index contributed by atoms with van der Waals surface area (Å²) < 4.78 is 0. The van der Waals surface area contributed by atoms with Crippen LogP contribution in [0, 0.1) is 5.92 Å². The Balaban J connectivity index is 2.07. The van der Waals surface area contributed by atoms with Crippen molar-refractivity contribution in [3.63, 3.8) is 0 Å². The molecule has 1 aliphatic rings. The zero-order valence-corrected chi connectivity index (χ0v) is 10.6. The quantitative estimate of drug-likeness (QED) is 0.774. The van der Waals surface area contributed by atoms with E-state index in [1.807, 2.05) is 11.3 Å². The third-order valence-corrected chi connectivity index (χ3v) is 4.27. The van der Waals surface area contributed by atoms with Crippen LogP contribution in [-0.4, -0.2) is 6.54 Å². The first kappa shape index (κ1) is 11.2. The molecular formula is C13H21NS. The van der Waals surface area contributed by atoms with Gasteiger partial charge in [0.15, 0.2) is 0 Å². The second-order valence-electron chi connectivity index (χ2n) is 4.45. The topological polar surface area (TPSA) is 12.0 Å². The number of rotatable bonds is 6. The van der Waals surface area contributed by atoms with Gasteiger partial charge < -0.3 is 5.32 Å². The first-order valence-electron chi connectivity index (χ1n) is 6.14. The Bertz CT molecular complexity index is 301. The molecule has 0 radical (unpaired) electrons. The zero-order valence-electron chi connectivity index (χ0n) is 9.75. The Morgan fingerprint density at radius 2 is 2.27 bits per heavy atom. The Hall–Kier alpha value is -0.340. The molecule has 1 unspecified atom stereocenters. The minimum atomic E-state index is 0.623. The highest BCUT2D eigenvalue weighted by molar-refractivity contribution is 7.10. The summed E-state index contributed by atoms with van der Waals surface area (Å²) in [5, 5.41) is 5.88. The van der Waals surface area contributed by atoms with Crippen LogP contribution in [-0.2, 0) is 6.42 Å². The summed E-state index contributed by atoms with van der Waals surface area (Å²) >= 11 is 1.93. The van der Waals surface area contributed by atoms with Gasteiger partial charge in [0.25, 0.3) is 0 Å². The van der Waals surface area contributed by atoms with E-state index in [1.165, 1.54) is 25.7 Å². The molecule has 1 saturated carbocycles. The minimum Gasteiger partial charge on any atom is -0.310 e. The summed E-state index contributed by atoms with van der Waals surface area (Å²) in [5.74, 6) is 1.00. The van der Waals surface area contributed by atoms with E-state index in [0.717, 1.165) is 12.5 Å². The minimum absolute atomic E-state index is 0.623. The van der Waals surface area contributed by atoms with E-state index in [1.54, 1.807) is 10.4 Å². The maximum Gasteiger partial charge on any atom is 0.0420 e. The molecule has 0 spiro atoms. The van der Waals surface area contributed by atoms with E-state index in [0.29, 0.717) is 6.04 Å². The van der Waals surface area contributed by atoms with Crippen LogP contribution in [0.1, 0.15) is 49.6 Å². The highest BCUT2D eigenvalue weighted by Crippen LogP contribution is 2.39. The smallest absolute Gasteiger partial charge is 0.0420 e. The summed E-state index contributed by atoms with van der Waals surface area (Å²) in [7, 11) is 0. The molecule has 0 bridgehead atoms. The molecule has 0 saturated heterocycles. The van der Waals surface area contributed by atoms with Gasteiger partial charge >= 0.3 is 0 Å². The first-order chi connectivity index (χ1) is 7.35. The summed E-state index contributed by atoms with van der Waals surface area (Å²) in [6, 6.07) is 2.91.